The number of piperidine rings is 2. The molecule has 2 amide bonds. The molecule has 136 valence electrons. The number of carbonyl (C=O) groups is 2. The highest BCUT2D eigenvalue weighted by Crippen LogP contribution is 2.26. The molecule has 2 saturated heterocycles. The van der Waals surface area contributed by atoms with Crippen molar-refractivity contribution in [2.24, 2.45) is 5.92 Å². The van der Waals surface area contributed by atoms with Crippen LogP contribution in [0.15, 0.2) is 23.0 Å². The van der Waals surface area contributed by atoms with E-state index in [2.05, 4.69) is 10.2 Å². The van der Waals surface area contributed by atoms with Gasteiger partial charge < -0.3 is 14.6 Å². The Hall–Kier alpha value is -1.82. The van der Waals surface area contributed by atoms with Crippen LogP contribution >= 0.6 is 0 Å². The second-order valence-electron chi connectivity index (χ2n) is 7.65. The molecule has 0 spiro atoms. The summed E-state index contributed by atoms with van der Waals surface area (Å²) < 4.78 is 5.02. The molecule has 1 saturated carbocycles. The maximum absolute atomic E-state index is 12.4. The summed E-state index contributed by atoms with van der Waals surface area (Å²) in [6, 6.07) is 2.66. The van der Waals surface area contributed by atoms with Crippen LogP contribution in [0.3, 0.4) is 0 Å². The van der Waals surface area contributed by atoms with Crippen LogP contribution < -0.4 is 5.32 Å². The van der Waals surface area contributed by atoms with Gasteiger partial charge in [-0.15, -0.1) is 0 Å². The number of furan rings is 1. The van der Waals surface area contributed by atoms with Crippen LogP contribution in [0.5, 0.6) is 0 Å². The van der Waals surface area contributed by atoms with Crippen molar-refractivity contribution in [2.45, 2.75) is 50.6 Å². The number of rotatable bonds is 4. The standard InChI is InChI=1S/C19H27N3O3/c23-18(20-16-3-4-16)14-2-1-8-22(12-14)17-5-9-21(10-6-17)19(24)15-7-11-25-13-15/h7,11,13-14,16-17H,1-6,8-10,12H2,(H,20,23)/t14-/m0/s1. The minimum absolute atomic E-state index is 0.0625. The molecule has 0 radical (unpaired) electrons. The Morgan fingerprint density at radius 3 is 2.56 bits per heavy atom. The molecule has 6 nitrogen and oxygen atoms in total. The molecule has 3 fully saturated rings. The van der Waals surface area contributed by atoms with Gasteiger partial charge in [-0.05, 0) is 51.1 Å². The normalized spacial score (nSPS) is 25.8. The van der Waals surface area contributed by atoms with Crippen LogP contribution in [0.2, 0.25) is 0 Å². The SMILES string of the molecule is O=C(NC1CC1)[C@H]1CCCN(C2CCN(C(=O)c3ccoc3)CC2)C1. The summed E-state index contributed by atoms with van der Waals surface area (Å²) in [7, 11) is 0. The van der Waals surface area contributed by atoms with Crippen LogP contribution in [0.1, 0.15) is 48.9 Å². The molecule has 4 rings (SSSR count). The van der Waals surface area contributed by atoms with Gasteiger partial charge in [-0.2, -0.15) is 0 Å². The zero-order chi connectivity index (χ0) is 17.2. The molecule has 1 aromatic rings. The lowest BCUT2D eigenvalue weighted by Crippen LogP contribution is -2.51. The van der Waals surface area contributed by atoms with Crippen LogP contribution in [-0.4, -0.2) is 59.9 Å². The van der Waals surface area contributed by atoms with Gasteiger partial charge in [0, 0.05) is 31.7 Å². The predicted molar refractivity (Wildman–Crippen MR) is 93.1 cm³/mol. The van der Waals surface area contributed by atoms with Gasteiger partial charge in [0.2, 0.25) is 5.91 Å². The third-order valence-electron chi connectivity index (χ3n) is 5.78. The molecule has 2 aliphatic heterocycles. The summed E-state index contributed by atoms with van der Waals surface area (Å²) in [5.74, 6) is 0.451. The highest BCUT2D eigenvalue weighted by molar-refractivity contribution is 5.93. The van der Waals surface area contributed by atoms with Crippen molar-refractivity contribution in [3.8, 4) is 0 Å². The van der Waals surface area contributed by atoms with Crippen molar-refractivity contribution in [1.29, 1.82) is 0 Å². The van der Waals surface area contributed by atoms with E-state index >= 15 is 0 Å². The Balaban J connectivity index is 1.28. The summed E-state index contributed by atoms with van der Waals surface area (Å²) in [5, 5.41) is 3.16. The summed E-state index contributed by atoms with van der Waals surface area (Å²) in [4.78, 5) is 29.1. The predicted octanol–water partition coefficient (Wildman–Crippen LogP) is 1.87. The van der Waals surface area contributed by atoms with Gasteiger partial charge in [-0.25, -0.2) is 0 Å². The molecule has 6 heteroatoms. The lowest BCUT2D eigenvalue weighted by Gasteiger charge is -2.42. The molecule has 3 heterocycles. The first-order valence-corrected chi connectivity index (χ1v) is 9.56. The minimum Gasteiger partial charge on any atom is -0.472 e. The van der Waals surface area contributed by atoms with Crippen LogP contribution in [0, 0.1) is 5.92 Å². The molecule has 3 aliphatic rings. The van der Waals surface area contributed by atoms with Crippen molar-refractivity contribution in [2.75, 3.05) is 26.2 Å². The van der Waals surface area contributed by atoms with E-state index in [9.17, 15) is 9.59 Å². The largest absolute Gasteiger partial charge is 0.472 e. The Morgan fingerprint density at radius 1 is 1.08 bits per heavy atom. The summed E-state index contributed by atoms with van der Waals surface area (Å²) in [6.07, 6.45) is 9.42. The smallest absolute Gasteiger partial charge is 0.257 e. The second kappa shape index (κ2) is 7.20. The topological polar surface area (TPSA) is 65.8 Å². The van der Waals surface area contributed by atoms with Gasteiger partial charge in [-0.3, -0.25) is 14.5 Å². The summed E-state index contributed by atoms with van der Waals surface area (Å²) in [5.41, 5.74) is 0.633. The Labute approximate surface area is 148 Å². The molecule has 0 bridgehead atoms. The molecule has 0 aromatic carbocycles. The van der Waals surface area contributed by atoms with E-state index in [0.717, 1.165) is 64.7 Å². The maximum Gasteiger partial charge on any atom is 0.257 e. The monoisotopic (exact) mass is 345 g/mol. The second-order valence-corrected chi connectivity index (χ2v) is 7.65. The number of nitrogens with one attached hydrogen (secondary N) is 1. The molecular weight excluding hydrogens is 318 g/mol. The van der Waals surface area contributed by atoms with Crippen LogP contribution in [-0.2, 0) is 4.79 Å². The van der Waals surface area contributed by atoms with Crippen molar-refractivity contribution < 1.29 is 14.0 Å². The average molecular weight is 345 g/mol. The number of hydrogen-bond acceptors (Lipinski definition) is 4. The number of nitrogens with zero attached hydrogens (tertiary/aromatic N) is 2. The van der Waals surface area contributed by atoms with E-state index in [1.165, 1.54) is 6.26 Å². The van der Waals surface area contributed by atoms with Crippen molar-refractivity contribution in [3.63, 3.8) is 0 Å². The third kappa shape index (κ3) is 3.89. The molecule has 1 aromatic heterocycles. The Morgan fingerprint density at radius 2 is 1.88 bits per heavy atom. The lowest BCUT2D eigenvalue weighted by molar-refractivity contribution is -0.127. The first kappa shape index (κ1) is 16.6. The van der Waals surface area contributed by atoms with Crippen LogP contribution in [0.4, 0.5) is 0 Å². The van der Waals surface area contributed by atoms with E-state index in [1.54, 1.807) is 12.3 Å². The van der Waals surface area contributed by atoms with Crippen molar-refractivity contribution in [3.05, 3.63) is 24.2 Å². The van der Waals surface area contributed by atoms with Crippen molar-refractivity contribution in [1.82, 2.24) is 15.1 Å². The highest BCUT2D eigenvalue weighted by Gasteiger charge is 2.34. The molecular formula is C19H27N3O3. The molecule has 1 N–H and O–H groups in total. The van der Waals surface area contributed by atoms with Gasteiger partial charge in [-0.1, -0.05) is 0 Å². The van der Waals surface area contributed by atoms with Gasteiger partial charge in [0.15, 0.2) is 0 Å². The van der Waals surface area contributed by atoms with Gasteiger partial charge in [0.05, 0.1) is 17.7 Å². The molecule has 25 heavy (non-hydrogen) atoms. The Kier molecular flexibility index (Phi) is 4.79. The minimum atomic E-state index is 0.0625. The summed E-state index contributed by atoms with van der Waals surface area (Å²) in [6.45, 7) is 3.51. The highest BCUT2D eigenvalue weighted by atomic mass is 16.3. The van der Waals surface area contributed by atoms with E-state index in [-0.39, 0.29) is 17.7 Å². The number of hydrogen-bond donors (Lipinski definition) is 1. The van der Waals surface area contributed by atoms with E-state index < -0.39 is 0 Å². The van der Waals surface area contributed by atoms with Gasteiger partial charge >= 0.3 is 0 Å². The number of likely N-dealkylation sites (tertiary alicyclic amines) is 2. The fourth-order valence-electron chi connectivity index (χ4n) is 4.10. The maximum atomic E-state index is 12.4. The molecule has 1 aliphatic carbocycles. The van der Waals surface area contributed by atoms with Gasteiger partial charge in [0.1, 0.15) is 6.26 Å². The zero-order valence-corrected chi connectivity index (χ0v) is 14.7. The zero-order valence-electron chi connectivity index (χ0n) is 14.7. The summed E-state index contributed by atoms with van der Waals surface area (Å²) >= 11 is 0. The van der Waals surface area contributed by atoms with Crippen LogP contribution in [0.25, 0.3) is 0 Å². The number of amides is 2. The van der Waals surface area contributed by atoms with Crippen molar-refractivity contribution >= 4 is 11.8 Å². The fourth-order valence-corrected chi connectivity index (χ4v) is 4.10. The Bertz CT molecular complexity index is 603. The molecule has 0 unspecified atom stereocenters. The van der Waals surface area contributed by atoms with Gasteiger partial charge in [0.25, 0.3) is 5.91 Å². The van der Waals surface area contributed by atoms with E-state index in [1.807, 2.05) is 4.90 Å². The first-order chi connectivity index (χ1) is 12.2. The average Bonchev–Trinajstić information content (AvgIpc) is 3.30. The first-order valence-electron chi connectivity index (χ1n) is 9.56. The van der Waals surface area contributed by atoms with E-state index in [0.29, 0.717) is 17.6 Å². The fraction of sp³-hybridized carbons (Fsp3) is 0.684. The molecule has 1 atom stereocenters. The number of carbonyl (C=O) groups excluding carboxylic acids is 2. The van der Waals surface area contributed by atoms with E-state index in [4.69, 9.17) is 4.42 Å². The third-order valence-corrected chi connectivity index (χ3v) is 5.78. The lowest BCUT2D eigenvalue weighted by atomic mass is 9.93. The quantitative estimate of drug-likeness (QED) is 0.905.